The first kappa shape index (κ1) is 22.3. The fourth-order valence-corrected chi connectivity index (χ4v) is 4.29. The molecule has 0 aliphatic carbocycles. The molecule has 0 saturated carbocycles. The summed E-state index contributed by atoms with van der Waals surface area (Å²) in [6.45, 7) is 5.76. The molecule has 0 unspecified atom stereocenters. The first-order valence-corrected chi connectivity index (χ1v) is 10.8. The van der Waals surface area contributed by atoms with Crippen molar-refractivity contribution in [3.05, 3.63) is 53.1 Å². The van der Waals surface area contributed by atoms with Gasteiger partial charge in [-0.05, 0) is 55.5 Å². The molecule has 1 aliphatic rings. The zero-order valence-electron chi connectivity index (χ0n) is 18.1. The van der Waals surface area contributed by atoms with Crippen molar-refractivity contribution in [2.75, 3.05) is 25.0 Å². The maximum Gasteiger partial charge on any atom is 0.416 e. The smallest absolute Gasteiger partial charge is 0.324 e. The molecule has 0 radical (unpaired) electrons. The molecular formula is C23H26F3N5O. The van der Waals surface area contributed by atoms with Crippen LogP contribution in [0.4, 0.5) is 18.9 Å². The number of benzene rings is 2. The van der Waals surface area contributed by atoms with Gasteiger partial charge in [0.2, 0.25) is 5.91 Å². The van der Waals surface area contributed by atoms with E-state index < -0.39 is 11.7 Å². The summed E-state index contributed by atoms with van der Waals surface area (Å²) < 4.78 is 40.5. The second-order valence-electron chi connectivity index (χ2n) is 8.25. The highest BCUT2D eigenvalue weighted by Crippen LogP contribution is 2.32. The van der Waals surface area contributed by atoms with E-state index in [9.17, 15) is 18.0 Å². The van der Waals surface area contributed by atoms with E-state index in [2.05, 4.69) is 27.5 Å². The maximum atomic E-state index is 12.9. The number of aromatic nitrogens is 3. The lowest BCUT2D eigenvalue weighted by Crippen LogP contribution is -2.40. The number of rotatable bonds is 5. The Kier molecular flexibility index (Phi) is 6.19. The van der Waals surface area contributed by atoms with E-state index in [1.807, 2.05) is 25.1 Å². The molecule has 32 heavy (non-hydrogen) atoms. The molecule has 1 N–H and O–H groups in total. The van der Waals surface area contributed by atoms with E-state index in [1.165, 1.54) is 6.07 Å². The number of likely N-dealkylation sites (tertiary alicyclic amines) is 1. The standard InChI is InChI=1S/C23H26F3N5O/c1-3-16-6-4-5-15(2)22(16)27-21(32)14-30-11-9-18(10-12-30)31-20-8-7-17(23(24,25)26)13-19(20)28-29-31/h4-8,13,18H,3,9-12,14H2,1-2H3,(H,27,32). The summed E-state index contributed by atoms with van der Waals surface area (Å²) in [7, 11) is 0. The van der Waals surface area contributed by atoms with Gasteiger partial charge >= 0.3 is 6.18 Å². The molecule has 4 rings (SSSR count). The molecule has 170 valence electrons. The van der Waals surface area contributed by atoms with Crippen LogP contribution in [0.5, 0.6) is 0 Å². The van der Waals surface area contributed by atoms with Gasteiger partial charge in [-0.1, -0.05) is 30.3 Å². The van der Waals surface area contributed by atoms with Gasteiger partial charge in [-0.25, -0.2) is 4.68 Å². The molecule has 0 atom stereocenters. The summed E-state index contributed by atoms with van der Waals surface area (Å²) in [6.07, 6.45) is -2.06. The number of hydrogen-bond donors (Lipinski definition) is 1. The van der Waals surface area contributed by atoms with Crippen LogP contribution in [0, 0.1) is 6.92 Å². The Balaban J connectivity index is 1.37. The normalized spacial score (nSPS) is 15.9. The molecule has 0 bridgehead atoms. The minimum Gasteiger partial charge on any atom is -0.324 e. The zero-order valence-corrected chi connectivity index (χ0v) is 18.1. The minimum absolute atomic E-state index is 0.0408. The van der Waals surface area contributed by atoms with Gasteiger partial charge in [0.05, 0.1) is 23.7 Å². The van der Waals surface area contributed by atoms with Gasteiger partial charge in [0, 0.05) is 18.8 Å². The Labute approximate surface area is 184 Å². The number of amides is 1. The Morgan fingerprint density at radius 1 is 1.19 bits per heavy atom. The van der Waals surface area contributed by atoms with E-state index in [-0.39, 0.29) is 17.5 Å². The number of carbonyl (C=O) groups excluding carboxylic acids is 1. The van der Waals surface area contributed by atoms with Crippen molar-refractivity contribution in [3.63, 3.8) is 0 Å². The van der Waals surface area contributed by atoms with Crippen LogP contribution in [0.25, 0.3) is 11.0 Å². The van der Waals surface area contributed by atoms with Gasteiger partial charge in [-0.3, -0.25) is 9.69 Å². The molecule has 1 aliphatic heterocycles. The highest BCUT2D eigenvalue weighted by molar-refractivity contribution is 5.93. The Bertz CT molecular complexity index is 1120. The predicted octanol–water partition coefficient (Wildman–Crippen LogP) is 4.60. The second-order valence-corrected chi connectivity index (χ2v) is 8.25. The number of piperidine rings is 1. The van der Waals surface area contributed by atoms with Gasteiger partial charge in [-0.15, -0.1) is 5.10 Å². The average molecular weight is 445 g/mol. The largest absolute Gasteiger partial charge is 0.416 e. The summed E-state index contributed by atoms with van der Waals surface area (Å²) in [5.74, 6) is -0.0432. The molecule has 9 heteroatoms. The topological polar surface area (TPSA) is 63.1 Å². The number of halogens is 3. The number of carbonyl (C=O) groups is 1. The van der Waals surface area contributed by atoms with Crippen molar-refractivity contribution in [3.8, 4) is 0 Å². The third kappa shape index (κ3) is 4.62. The number of para-hydroxylation sites is 1. The number of nitrogens with zero attached hydrogens (tertiary/aromatic N) is 4. The van der Waals surface area contributed by atoms with E-state index in [0.29, 0.717) is 25.2 Å². The number of anilines is 1. The minimum atomic E-state index is -4.40. The molecule has 3 aromatic rings. The molecule has 1 aromatic heterocycles. The highest BCUT2D eigenvalue weighted by atomic mass is 19.4. The van der Waals surface area contributed by atoms with Crippen molar-refractivity contribution in [2.45, 2.75) is 45.3 Å². The zero-order chi connectivity index (χ0) is 22.9. The lowest BCUT2D eigenvalue weighted by Gasteiger charge is -2.31. The third-order valence-corrected chi connectivity index (χ3v) is 6.07. The van der Waals surface area contributed by atoms with Gasteiger partial charge in [0.1, 0.15) is 5.52 Å². The molecule has 0 spiro atoms. The van der Waals surface area contributed by atoms with Gasteiger partial charge in [0.15, 0.2) is 0 Å². The lowest BCUT2D eigenvalue weighted by atomic mass is 10.0. The maximum absolute atomic E-state index is 12.9. The van der Waals surface area contributed by atoms with E-state index in [0.717, 1.165) is 48.2 Å². The fourth-order valence-electron chi connectivity index (χ4n) is 4.29. The molecule has 1 fully saturated rings. The Morgan fingerprint density at radius 2 is 1.94 bits per heavy atom. The van der Waals surface area contributed by atoms with Crippen molar-refractivity contribution in [1.29, 1.82) is 0 Å². The molecule has 2 aromatic carbocycles. The van der Waals surface area contributed by atoms with Gasteiger partial charge < -0.3 is 5.32 Å². The van der Waals surface area contributed by atoms with Crippen LogP contribution in [0.3, 0.4) is 0 Å². The molecule has 1 saturated heterocycles. The van der Waals surface area contributed by atoms with E-state index >= 15 is 0 Å². The SMILES string of the molecule is CCc1cccc(C)c1NC(=O)CN1CCC(n2nnc3cc(C(F)(F)F)ccc32)CC1. The summed E-state index contributed by atoms with van der Waals surface area (Å²) in [4.78, 5) is 14.7. The van der Waals surface area contributed by atoms with Crippen molar-refractivity contribution >= 4 is 22.6 Å². The average Bonchev–Trinajstić information content (AvgIpc) is 3.18. The van der Waals surface area contributed by atoms with Crippen LogP contribution < -0.4 is 5.32 Å². The Hall–Kier alpha value is -2.94. The first-order valence-electron chi connectivity index (χ1n) is 10.8. The monoisotopic (exact) mass is 445 g/mol. The van der Waals surface area contributed by atoms with Crippen LogP contribution in [-0.4, -0.2) is 45.4 Å². The number of hydrogen-bond acceptors (Lipinski definition) is 4. The fraction of sp³-hybridized carbons (Fsp3) is 0.435. The summed E-state index contributed by atoms with van der Waals surface area (Å²) >= 11 is 0. The van der Waals surface area contributed by atoms with Crippen LogP contribution in [0.1, 0.15) is 42.5 Å². The van der Waals surface area contributed by atoms with Crippen LogP contribution in [0.2, 0.25) is 0 Å². The van der Waals surface area contributed by atoms with Crippen molar-refractivity contribution in [1.82, 2.24) is 19.9 Å². The Morgan fingerprint density at radius 3 is 2.62 bits per heavy atom. The van der Waals surface area contributed by atoms with Crippen molar-refractivity contribution in [2.24, 2.45) is 0 Å². The molecule has 6 nitrogen and oxygen atoms in total. The van der Waals surface area contributed by atoms with Crippen molar-refractivity contribution < 1.29 is 18.0 Å². The number of fused-ring (bicyclic) bond motifs is 1. The molecule has 1 amide bonds. The number of alkyl halides is 3. The first-order chi connectivity index (χ1) is 15.3. The number of aryl methyl sites for hydroxylation is 2. The van der Waals surface area contributed by atoms with Crippen LogP contribution >= 0.6 is 0 Å². The summed E-state index contributed by atoms with van der Waals surface area (Å²) in [5.41, 5.74) is 3.17. The van der Waals surface area contributed by atoms with Crippen LogP contribution in [-0.2, 0) is 17.4 Å². The molecular weight excluding hydrogens is 419 g/mol. The van der Waals surface area contributed by atoms with Gasteiger partial charge in [-0.2, -0.15) is 13.2 Å². The van der Waals surface area contributed by atoms with E-state index in [4.69, 9.17) is 0 Å². The quantitative estimate of drug-likeness (QED) is 0.624. The predicted molar refractivity (Wildman–Crippen MR) is 116 cm³/mol. The highest BCUT2D eigenvalue weighted by Gasteiger charge is 2.31. The van der Waals surface area contributed by atoms with E-state index in [1.54, 1.807) is 4.68 Å². The van der Waals surface area contributed by atoms with Gasteiger partial charge in [0.25, 0.3) is 0 Å². The molecule has 2 heterocycles. The third-order valence-electron chi connectivity index (χ3n) is 6.07. The summed E-state index contributed by atoms with van der Waals surface area (Å²) in [6, 6.07) is 9.58. The second kappa shape index (κ2) is 8.90. The number of nitrogens with one attached hydrogen (secondary N) is 1. The summed E-state index contributed by atoms with van der Waals surface area (Å²) in [5, 5.41) is 11.1. The lowest BCUT2D eigenvalue weighted by molar-refractivity contribution is -0.137. The van der Waals surface area contributed by atoms with Crippen LogP contribution in [0.15, 0.2) is 36.4 Å².